The molecule has 0 spiro atoms. The number of rotatable bonds is 6. The van der Waals surface area contributed by atoms with Crippen LogP contribution in [0.25, 0.3) is 11.1 Å². The molecule has 0 radical (unpaired) electrons. The number of aromatic nitrogens is 2. The molecule has 33 heavy (non-hydrogen) atoms. The summed E-state index contributed by atoms with van der Waals surface area (Å²) in [7, 11) is -3.48. The Morgan fingerprint density at radius 2 is 1.94 bits per heavy atom. The Hall–Kier alpha value is -2.84. The van der Waals surface area contributed by atoms with E-state index in [0.717, 1.165) is 23.1 Å². The summed E-state index contributed by atoms with van der Waals surface area (Å²) in [6.45, 7) is 3.83. The molecule has 4 rings (SSSR count). The highest BCUT2D eigenvalue weighted by Crippen LogP contribution is 2.33. The molecule has 1 aliphatic carbocycles. The van der Waals surface area contributed by atoms with Crippen molar-refractivity contribution in [3.63, 3.8) is 0 Å². The zero-order chi connectivity index (χ0) is 23.8. The Bertz CT molecular complexity index is 1330. The molecule has 3 aromatic rings. The molecule has 2 aromatic carbocycles. The largest absolute Gasteiger partial charge is 0.296 e. The van der Waals surface area contributed by atoms with Crippen LogP contribution in [-0.2, 0) is 22.9 Å². The predicted octanol–water partition coefficient (Wildman–Crippen LogP) is 3.82. The second-order valence-corrected chi connectivity index (χ2v) is 10.7. The minimum absolute atomic E-state index is 0.0661. The lowest BCUT2D eigenvalue weighted by molar-refractivity contribution is 0.413. The molecule has 0 aliphatic heterocycles. The normalized spacial score (nSPS) is 18.3. The average Bonchev–Trinajstić information content (AvgIpc) is 2.75. The fourth-order valence-electron chi connectivity index (χ4n) is 4.63. The summed E-state index contributed by atoms with van der Waals surface area (Å²) in [5, 5.41) is 0. The van der Waals surface area contributed by atoms with Gasteiger partial charge in [0.15, 0.2) is 0 Å². The molecule has 1 N–H and O–H groups in total. The minimum atomic E-state index is -3.48. The first-order valence-electron chi connectivity index (χ1n) is 11.0. The lowest BCUT2D eigenvalue weighted by Crippen LogP contribution is -2.45. The lowest BCUT2D eigenvalue weighted by Gasteiger charge is -2.33. The summed E-state index contributed by atoms with van der Waals surface area (Å²) in [4.78, 5) is 17.9. The minimum Gasteiger partial charge on any atom is -0.296 e. The molecule has 1 aromatic heterocycles. The fraction of sp³-hybridized carbons (Fsp3) is 0.360. The van der Waals surface area contributed by atoms with Gasteiger partial charge < -0.3 is 0 Å². The highest BCUT2D eigenvalue weighted by atomic mass is 32.2. The van der Waals surface area contributed by atoms with Crippen LogP contribution in [0.2, 0.25) is 0 Å². The van der Waals surface area contributed by atoms with Crippen molar-refractivity contribution in [1.29, 1.82) is 0 Å². The third kappa shape index (κ3) is 5.07. The number of benzene rings is 2. The fourth-order valence-corrected chi connectivity index (χ4v) is 5.46. The Morgan fingerprint density at radius 3 is 2.64 bits per heavy atom. The van der Waals surface area contributed by atoms with Gasteiger partial charge in [-0.2, -0.15) is 0 Å². The molecule has 8 heteroatoms. The number of sulfonamides is 1. The van der Waals surface area contributed by atoms with Crippen LogP contribution in [-0.4, -0.2) is 30.3 Å². The van der Waals surface area contributed by atoms with Crippen LogP contribution in [0.3, 0.4) is 0 Å². The van der Waals surface area contributed by atoms with Crippen molar-refractivity contribution in [3.8, 4) is 11.1 Å². The number of nitrogens with zero attached hydrogens (tertiary/aromatic N) is 2. The summed E-state index contributed by atoms with van der Waals surface area (Å²) in [5.41, 5.74) is 3.28. The van der Waals surface area contributed by atoms with Crippen molar-refractivity contribution < 1.29 is 12.8 Å². The summed E-state index contributed by atoms with van der Waals surface area (Å²) >= 11 is 0. The third-order valence-corrected chi connectivity index (χ3v) is 6.88. The zero-order valence-electron chi connectivity index (χ0n) is 19.0. The highest BCUT2D eigenvalue weighted by molar-refractivity contribution is 7.88. The van der Waals surface area contributed by atoms with Gasteiger partial charge in [-0.15, -0.1) is 0 Å². The first-order valence-corrected chi connectivity index (χ1v) is 12.9. The second kappa shape index (κ2) is 9.19. The Kier molecular flexibility index (Phi) is 6.50. The number of nitrogens with one attached hydrogen (secondary N) is 1. The summed E-state index contributed by atoms with van der Waals surface area (Å²) in [6.07, 6.45) is 4.22. The highest BCUT2D eigenvalue weighted by Gasteiger charge is 2.35. The Balaban J connectivity index is 1.79. The second-order valence-electron chi connectivity index (χ2n) is 8.94. The van der Waals surface area contributed by atoms with E-state index in [1.54, 1.807) is 29.1 Å². The first-order chi connectivity index (χ1) is 15.6. The molecular weight excluding hydrogens is 441 g/mol. The van der Waals surface area contributed by atoms with Gasteiger partial charge in [-0.25, -0.2) is 22.5 Å². The van der Waals surface area contributed by atoms with Gasteiger partial charge in [-0.05, 0) is 50.3 Å². The number of hydrogen-bond donors (Lipinski definition) is 1. The van der Waals surface area contributed by atoms with E-state index in [-0.39, 0.29) is 23.3 Å². The van der Waals surface area contributed by atoms with Crippen LogP contribution < -0.4 is 10.3 Å². The van der Waals surface area contributed by atoms with Crippen molar-refractivity contribution in [2.45, 2.75) is 51.1 Å². The van der Waals surface area contributed by atoms with Gasteiger partial charge in [0.05, 0.1) is 18.3 Å². The number of hydrogen-bond acceptors (Lipinski definition) is 4. The van der Waals surface area contributed by atoms with E-state index in [0.29, 0.717) is 30.4 Å². The van der Waals surface area contributed by atoms with Crippen LogP contribution in [0.1, 0.15) is 49.0 Å². The lowest BCUT2D eigenvalue weighted by atomic mass is 9.78. The quantitative estimate of drug-likeness (QED) is 0.595. The standard InChI is InChI=1S/C25H28FN3O3S/c1-16(2)29-15-27-23-12-11-22(28-33(3,31)32)20(24(23)25(29)30)14-17-7-6-8-18(13-17)19-9-4-5-10-21(19)26/h4-10,13,15-16,20,22,28H,11-12,14H2,1-3H3/t20-,22-/m0/s1. The van der Waals surface area contributed by atoms with Crippen molar-refractivity contribution >= 4 is 10.0 Å². The Labute approximate surface area is 193 Å². The van der Waals surface area contributed by atoms with E-state index in [1.807, 2.05) is 38.1 Å². The average molecular weight is 470 g/mol. The van der Waals surface area contributed by atoms with Gasteiger partial charge in [0.2, 0.25) is 10.0 Å². The van der Waals surface area contributed by atoms with Crippen LogP contribution in [0.15, 0.2) is 59.7 Å². The molecule has 0 saturated carbocycles. The smallest absolute Gasteiger partial charge is 0.257 e. The monoisotopic (exact) mass is 469 g/mol. The van der Waals surface area contributed by atoms with Crippen molar-refractivity contribution in [2.24, 2.45) is 0 Å². The van der Waals surface area contributed by atoms with Crippen LogP contribution in [0.4, 0.5) is 4.39 Å². The van der Waals surface area contributed by atoms with Crippen LogP contribution in [0.5, 0.6) is 0 Å². The van der Waals surface area contributed by atoms with E-state index < -0.39 is 16.1 Å². The van der Waals surface area contributed by atoms with Crippen LogP contribution in [0, 0.1) is 5.82 Å². The van der Waals surface area contributed by atoms with Gasteiger partial charge in [-0.1, -0.05) is 42.5 Å². The molecule has 0 bridgehead atoms. The number of fused-ring (bicyclic) bond motifs is 1. The SMILES string of the molecule is CC(C)n1cnc2c(c1=O)[C@@H](Cc1cccc(-c3ccccc3F)c1)[C@@H](NS(C)(=O)=O)CC2. The van der Waals surface area contributed by atoms with Crippen molar-refractivity contribution in [1.82, 2.24) is 14.3 Å². The van der Waals surface area contributed by atoms with E-state index >= 15 is 0 Å². The molecule has 0 amide bonds. The summed E-state index contributed by atoms with van der Waals surface area (Å²) in [6, 6.07) is 13.6. The maximum absolute atomic E-state index is 14.4. The molecule has 2 atom stereocenters. The topological polar surface area (TPSA) is 81.1 Å². The maximum Gasteiger partial charge on any atom is 0.257 e. The molecular formula is C25H28FN3O3S. The van der Waals surface area contributed by atoms with E-state index in [9.17, 15) is 17.6 Å². The van der Waals surface area contributed by atoms with Gasteiger partial charge in [-0.3, -0.25) is 9.36 Å². The zero-order valence-corrected chi connectivity index (χ0v) is 19.8. The maximum atomic E-state index is 14.4. The van der Waals surface area contributed by atoms with Crippen molar-refractivity contribution in [3.05, 3.63) is 87.9 Å². The van der Waals surface area contributed by atoms with Crippen LogP contribution >= 0.6 is 0 Å². The molecule has 0 saturated heterocycles. The molecule has 174 valence electrons. The molecule has 0 fully saturated rings. The summed E-state index contributed by atoms with van der Waals surface area (Å²) < 4.78 is 42.9. The van der Waals surface area contributed by atoms with E-state index in [2.05, 4.69) is 9.71 Å². The third-order valence-electron chi connectivity index (χ3n) is 6.15. The molecule has 0 unspecified atom stereocenters. The van der Waals surface area contributed by atoms with E-state index in [4.69, 9.17) is 0 Å². The summed E-state index contributed by atoms with van der Waals surface area (Å²) in [5.74, 6) is -0.691. The van der Waals surface area contributed by atoms with Gasteiger partial charge in [0, 0.05) is 29.1 Å². The Morgan fingerprint density at radius 1 is 1.18 bits per heavy atom. The van der Waals surface area contributed by atoms with Gasteiger partial charge in [0.25, 0.3) is 5.56 Å². The molecule has 1 heterocycles. The molecule has 6 nitrogen and oxygen atoms in total. The predicted molar refractivity (Wildman–Crippen MR) is 127 cm³/mol. The van der Waals surface area contributed by atoms with Gasteiger partial charge >= 0.3 is 0 Å². The van der Waals surface area contributed by atoms with E-state index in [1.165, 1.54) is 6.07 Å². The van der Waals surface area contributed by atoms with Gasteiger partial charge in [0.1, 0.15) is 5.82 Å². The number of aryl methyl sites for hydroxylation is 1. The first kappa shape index (κ1) is 23.3. The van der Waals surface area contributed by atoms with Crippen molar-refractivity contribution in [2.75, 3.05) is 6.26 Å². The number of halogens is 1. The molecule has 1 aliphatic rings.